The van der Waals surface area contributed by atoms with Gasteiger partial charge in [0, 0.05) is 11.9 Å². The van der Waals surface area contributed by atoms with E-state index in [9.17, 15) is 0 Å². The zero-order valence-electron chi connectivity index (χ0n) is 5.23. The van der Waals surface area contributed by atoms with Crippen molar-refractivity contribution in [1.29, 1.82) is 0 Å². The molecule has 0 aromatic carbocycles. The number of rotatable bonds is 2. The van der Waals surface area contributed by atoms with E-state index in [1.807, 2.05) is 0 Å². The highest BCUT2D eigenvalue weighted by atomic mass is 35.5. The Labute approximate surface area is 62.0 Å². The SMILES string of the molecule is CC(C)[C@H](N)CCl.Cl. The van der Waals surface area contributed by atoms with Gasteiger partial charge in [0.15, 0.2) is 0 Å². The lowest BCUT2D eigenvalue weighted by Crippen LogP contribution is -2.27. The lowest BCUT2D eigenvalue weighted by molar-refractivity contribution is 0.533. The highest BCUT2D eigenvalue weighted by molar-refractivity contribution is 6.18. The summed E-state index contributed by atoms with van der Waals surface area (Å²) in [6.07, 6.45) is 0. The predicted molar refractivity (Wildman–Crippen MR) is 40.8 cm³/mol. The van der Waals surface area contributed by atoms with E-state index in [0.717, 1.165) is 0 Å². The Hall–Kier alpha value is 0.540. The Balaban J connectivity index is 0. The van der Waals surface area contributed by atoms with Crippen LogP contribution in [0.2, 0.25) is 0 Å². The van der Waals surface area contributed by atoms with Crippen molar-refractivity contribution >= 4 is 24.0 Å². The van der Waals surface area contributed by atoms with E-state index in [4.69, 9.17) is 17.3 Å². The molecule has 0 saturated heterocycles. The summed E-state index contributed by atoms with van der Waals surface area (Å²) >= 11 is 5.42. The summed E-state index contributed by atoms with van der Waals surface area (Å²) in [5, 5.41) is 0. The Morgan fingerprint density at radius 1 is 1.50 bits per heavy atom. The molecule has 0 bridgehead atoms. The molecular formula is C5H13Cl2N. The van der Waals surface area contributed by atoms with Gasteiger partial charge in [-0.1, -0.05) is 13.8 Å². The third-order valence-electron chi connectivity index (χ3n) is 1.03. The first-order valence-electron chi connectivity index (χ1n) is 2.50. The molecule has 0 unspecified atom stereocenters. The summed E-state index contributed by atoms with van der Waals surface area (Å²) < 4.78 is 0. The molecule has 8 heavy (non-hydrogen) atoms. The maximum absolute atomic E-state index is 5.48. The van der Waals surface area contributed by atoms with Gasteiger partial charge in [0.05, 0.1) is 0 Å². The predicted octanol–water partition coefficient (Wildman–Crippen LogP) is 1.63. The van der Waals surface area contributed by atoms with Crippen LogP contribution in [0.5, 0.6) is 0 Å². The molecule has 0 aromatic rings. The molecular weight excluding hydrogens is 145 g/mol. The first-order valence-corrected chi connectivity index (χ1v) is 3.03. The van der Waals surface area contributed by atoms with Crippen molar-refractivity contribution < 1.29 is 0 Å². The van der Waals surface area contributed by atoms with Crippen LogP contribution in [-0.4, -0.2) is 11.9 Å². The smallest absolute Gasteiger partial charge is 0.0377 e. The summed E-state index contributed by atoms with van der Waals surface area (Å²) in [4.78, 5) is 0. The summed E-state index contributed by atoms with van der Waals surface area (Å²) in [5.41, 5.74) is 5.48. The van der Waals surface area contributed by atoms with Crippen LogP contribution in [0, 0.1) is 5.92 Å². The monoisotopic (exact) mass is 157 g/mol. The molecule has 0 rings (SSSR count). The van der Waals surface area contributed by atoms with Crippen molar-refractivity contribution in [2.75, 3.05) is 5.88 Å². The minimum Gasteiger partial charge on any atom is -0.326 e. The van der Waals surface area contributed by atoms with Crippen molar-refractivity contribution in [3.8, 4) is 0 Å². The van der Waals surface area contributed by atoms with Gasteiger partial charge in [-0.15, -0.1) is 24.0 Å². The highest BCUT2D eigenvalue weighted by Gasteiger charge is 2.02. The average Bonchev–Trinajstić information content (AvgIpc) is 1.65. The summed E-state index contributed by atoms with van der Waals surface area (Å²) in [7, 11) is 0. The third kappa shape index (κ3) is 4.69. The fraction of sp³-hybridized carbons (Fsp3) is 1.00. The van der Waals surface area contributed by atoms with Crippen molar-refractivity contribution in [2.24, 2.45) is 11.7 Å². The Kier molecular flexibility index (Phi) is 8.05. The number of alkyl halides is 1. The van der Waals surface area contributed by atoms with E-state index in [1.54, 1.807) is 0 Å². The fourth-order valence-corrected chi connectivity index (χ4v) is 0.535. The number of hydrogen-bond donors (Lipinski definition) is 1. The second-order valence-corrected chi connectivity index (χ2v) is 2.37. The molecule has 1 nitrogen and oxygen atoms in total. The minimum absolute atomic E-state index is 0. The van der Waals surface area contributed by atoms with Crippen LogP contribution in [0.15, 0.2) is 0 Å². The van der Waals surface area contributed by atoms with E-state index in [-0.39, 0.29) is 18.4 Å². The fourth-order valence-electron chi connectivity index (χ4n) is 0.178. The van der Waals surface area contributed by atoms with Crippen LogP contribution < -0.4 is 5.73 Å². The van der Waals surface area contributed by atoms with E-state index in [2.05, 4.69) is 13.8 Å². The van der Waals surface area contributed by atoms with Crippen molar-refractivity contribution in [2.45, 2.75) is 19.9 Å². The molecule has 1 atom stereocenters. The van der Waals surface area contributed by atoms with E-state index < -0.39 is 0 Å². The van der Waals surface area contributed by atoms with Gasteiger partial charge in [0.1, 0.15) is 0 Å². The largest absolute Gasteiger partial charge is 0.326 e. The van der Waals surface area contributed by atoms with Crippen LogP contribution in [0.25, 0.3) is 0 Å². The summed E-state index contributed by atoms with van der Waals surface area (Å²) in [6.45, 7) is 4.13. The van der Waals surface area contributed by atoms with Crippen molar-refractivity contribution in [1.82, 2.24) is 0 Å². The molecule has 0 saturated carbocycles. The van der Waals surface area contributed by atoms with Crippen molar-refractivity contribution in [3.05, 3.63) is 0 Å². The second-order valence-electron chi connectivity index (χ2n) is 2.06. The molecule has 3 heteroatoms. The van der Waals surface area contributed by atoms with Crippen LogP contribution in [0.1, 0.15) is 13.8 Å². The van der Waals surface area contributed by atoms with E-state index >= 15 is 0 Å². The van der Waals surface area contributed by atoms with Crippen LogP contribution in [-0.2, 0) is 0 Å². The Morgan fingerprint density at radius 3 is 1.88 bits per heavy atom. The van der Waals surface area contributed by atoms with Gasteiger partial charge in [0.25, 0.3) is 0 Å². The van der Waals surface area contributed by atoms with Crippen molar-refractivity contribution in [3.63, 3.8) is 0 Å². The lowest BCUT2D eigenvalue weighted by Gasteiger charge is -2.09. The van der Waals surface area contributed by atoms with Crippen LogP contribution in [0.4, 0.5) is 0 Å². The van der Waals surface area contributed by atoms with Gasteiger partial charge < -0.3 is 5.73 Å². The van der Waals surface area contributed by atoms with Gasteiger partial charge in [-0.05, 0) is 5.92 Å². The normalized spacial score (nSPS) is 13.1. The quantitative estimate of drug-likeness (QED) is 0.607. The van der Waals surface area contributed by atoms with E-state index in [1.165, 1.54) is 0 Å². The molecule has 52 valence electrons. The molecule has 0 aromatic heterocycles. The maximum atomic E-state index is 5.48. The highest BCUT2D eigenvalue weighted by Crippen LogP contribution is 1.98. The van der Waals surface area contributed by atoms with Crippen LogP contribution >= 0.6 is 24.0 Å². The van der Waals surface area contributed by atoms with Gasteiger partial charge in [-0.2, -0.15) is 0 Å². The number of nitrogens with two attached hydrogens (primary N) is 1. The molecule has 0 radical (unpaired) electrons. The number of halogens is 2. The molecule has 0 fully saturated rings. The third-order valence-corrected chi connectivity index (χ3v) is 1.39. The zero-order valence-corrected chi connectivity index (χ0v) is 6.80. The molecule has 0 heterocycles. The van der Waals surface area contributed by atoms with Gasteiger partial charge in [-0.25, -0.2) is 0 Å². The van der Waals surface area contributed by atoms with E-state index in [0.29, 0.717) is 11.8 Å². The molecule has 0 aliphatic carbocycles. The minimum atomic E-state index is 0. The number of hydrogen-bond acceptors (Lipinski definition) is 1. The second kappa shape index (κ2) is 5.67. The molecule has 0 amide bonds. The summed E-state index contributed by atoms with van der Waals surface area (Å²) in [5.74, 6) is 1.08. The van der Waals surface area contributed by atoms with Gasteiger partial charge in [-0.3, -0.25) is 0 Å². The van der Waals surface area contributed by atoms with Crippen LogP contribution in [0.3, 0.4) is 0 Å². The topological polar surface area (TPSA) is 26.0 Å². The molecule has 0 aliphatic heterocycles. The summed E-state index contributed by atoms with van der Waals surface area (Å²) in [6, 6.07) is 0.168. The zero-order chi connectivity index (χ0) is 5.86. The lowest BCUT2D eigenvalue weighted by atomic mass is 10.1. The van der Waals surface area contributed by atoms with Gasteiger partial charge >= 0.3 is 0 Å². The molecule has 0 aliphatic rings. The average molecular weight is 158 g/mol. The first-order chi connectivity index (χ1) is 3.18. The Morgan fingerprint density at radius 2 is 1.88 bits per heavy atom. The Bertz CT molecular complexity index is 47.7. The van der Waals surface area contributed by atoms with Gasteiger partial charge in [0.2, 0.25) is 0 Å². The molecule has 0 spiro atoms. The first kappa shape index (κ1) is 11.4. The maximum Gasteiger partial charge on any atom is 0.0377 e. The standard InChI is InChI=1S/C5H12ClN.ClH/c1-4(2)5(7)3-6;/h4-5H,3,7H2,1-2H3;1H/t5-;/m1./s1. The molecule has 2 N–H and O–H groups in total.